The van der Waals surface area contributed by atoms with Crippen LogP contribution < -0.4 is 5.32 Å². The highest BCUT2D eigenvalue weighted by Gasteiger charge is 2.20. The van der Waals surface area contributed by atoms with Gasteiger partial charge in [0, 0.05) is 6.42 Å². The van der Waals surface area contributed by atoms with E-state index in [2.05, 4.69) is 11.9 Å². The van der Waals surface area contributed by atoms with Gasteiger partial charge in [-0.1, -0.05) is 20.4 Å². The Hall–Kier alpha value is -1.36. The number of carbonyl (C=O) groups is 2. The Labute approximate surface area is 115 Å². The maximum atomic E-state index is 11.8. The number of likely N-dealkylation sites (N-methyl/N-ethyl adjacent to an activating group) is 1. The standard InChI is InChI=1S/C14H26N2O3/c1-10(2)14(12(4)18)15-13(19)9-16(5)8-6-7-11(3)17/h10,14,17H,3,6-9H2,1-2,4-5H3,(H,15,19)/t14-/m0/s1. The zero-order valence-corrected chi connectivity index (χ0v) is 12.4. The largest absolute Gasteiger partial charge is 0.513 e. The third kappa shape index (κ3) is 8.37. The summed E-state index contributed by atoms with van der Waals surface area (Å²) in [6, 6.07) is -0.418. The van der Waals surface area contributed by atoms with Crippen LogP contribution >= 0.6 is 0 Å². The van der Waals surface area contributed by atoms with E-state index in [1.54, 1.807) is 0 Å². The molecule has 0 aliphatic rings. The van der Waals surface area contributed by atoms with Crippen LogP contribution in [-0.4, -0.2) is 47.9 Å². The van der Waals surface area contributed by atoms with E-state index < -0.39 is 6.04 Å². The van der Waals surface area contributed by atoms with Crippen LogP contribution in [0.1, 0.15) is 33.6 Å². The average Bonchev–Trinajstić information content (AvgIpc) is 2.24. The van der Waals surface area contributed by atoms with Crippen LogP contribution in [0.2, 0.25) is 0 Å². The molecule has 0 bridgehead atoms. The Morgan fingerprint density at radius 3 is 2.37 bits per heavy atom. The molecular formula is C14H26N2O3. The summed E-state index contributed by atoms with van der Waals surface area (Å²) >= 11 is 0. The topological polar surface area (TPSA) is 69.6 Å². The summed E-state index contributed by atoms with van der Waals surface area (Å²) in [5, 5.41) is 11.7. The number of rotatable bonds is 9. The fourth-order valence-electron chi connectivity index (χ4n) is 1.83. The minimum atomic E-state index is -0.418. The number of amides is 1. The number of hydrogen-bond acceptors (Lipinski definition) is 4. The molecule has 1 atom stereocenters. The molecule has 0 spiro atoms. The third-order valence-electron chi connectivity index (χ3n) is 2.84. The minimum absolute atomic E-state index is 0.0254. The molecule has 0 unspecified atom stereocenters. The van der Waals surface area contributed by atoms with Crippen molar-refractivity contribution in [1.29, 1.82) is 0 Å². The Morgan fingerprint density at radius 1 is 1.37 bits per heavy atom. The van der Waals surface area contributed by atoms with Crippen molar-refractivity contribution in [3.05, 3.63) is 12.3 Å². The minimum Gasteiger partial charge on any atom is -0.513 e. The summed E-state index contributed by atoms with van der Waals surface area (Å²) in [4.78, 5) is 25.0. The van der Waals surface area contributed by atoms with Crippen molar-refractivity contribution < 1.29 is 14.7 Å². The first kappa shape index (κ1) is 17.6. The van der Waals surface area contributed by atoms with Crippen molar-refractivity contribution >= 4 is 11.7 Å². The van der Waals surface area contributed by atoms with Gasteiger partial charge in [0.1, 0.15) is 0 Å². The van der Waals surface area contributed by atoms with Gasteiger partial charge in [0.2, 0.25) is 5.91 Å². The number of nitrogens with one attached hydrogen (secondary N) is 1. The number of allylic oxidation sites excluding steroid dienone is 1. The zero-order valence-electron chi connectivity index (χ0n) is 12.4. The van der Waals surface area contributed by atoms with E-state index in [-0.39, 0.29) is 29.9 Å². The van der Waals surface area contributed by atoms with Crippen LogP contribution in [-0.2, 0) is 9.59 Å². The Morgan fingerprint density at radius 2 is 1.95 bits per heavy atom. The van der Waals surface area contributed by atoms with Crippen LogP contribution in [0.3, 0.4) is 0 Å². The fraction of sp³-hybridized carbons (Fsp3) is 0.714. The second kappa shape index (κ2) is 8.69. The van der Waals surface area contributed by atoms with E-state index in [9.17, 15) is 9.59 Å². The van der Waals surface area contributed by atoms with Gasteiger partial charge < -0.3 is 10.4 Å². The van der Waals surface area contributed by atoms with E-state index in [4.69, 9.17) is 5.11 Å². The number of Topliss-reactive ketones (excluding diaryl/α,β-unsaturated/α-hetero) is 1. The molecule has 0 aromatic heterocycles. The summed E-state index contributed by atoms with van der Waals surface area (Å²) in [7, 11) is 1.83. The van der Waals surface area contributed by atoms with Crippen LogP contribution in [0.4, 0.5) is 0 Å². The first-order valence-electron chi connectivity index (χ1n) is 6.59. The molecule has 0 heterocycles. The van der Waals surface area contributed by atoms with Crippen LogP contribution in [0.25, 0.3) is 0 Å². The van der Waals surface area contributed by atoms with Crippen molar-refractivity contribution in [2.24, 2.45) is 5.92 Å². The molecule has 0 saturated heterocycles. The van der Waals surface area contributed by atoms with Gasteiger partial charge in [-0.05, 0) is 32.9 Å². The van der Waals surface area contributed by atoms with Crippen LogP contribution in [0.15, 0.2) is 12.3 Å². The van der Waals surface area contributed by atoms with Crippen molar-refractivity contribution in [1.82, 2.24) is 10.2 Å². The van der Waals surface area contributed by atoms with E-state index in [0.717, 1.165) is 6.42 Å². The fourth-order valence-corrected chi connectivity index (χ4v) is 1.83. The molecule has 19 heavy (non-hydrogen) atoms. The number of ketones is 1. The number of aliphatic hydroxyl groups excluding tert-OH is 1. The molecule has 110 valence electrons. The highest BCUT2D eigenvalue weighted by atomic mass is 16.3. The van der Waals surface area contributed by atoms with E-state index in [1.165, 1.54) is 6.92 Å². The highest BCUT2D eigenvalue weighted by Crippen LogP contribution is 2.03. The van der Waals surface area contributed by atoms with Gasteiger partial charge >= 0.3 is 0 Å². The molecule has 0 aliphatic heterocycles. The molecule has 0 aromatic rings. The first-order valence-corrected chi connectivity index (χ1v) is 6.59. The second-order valence-electron chi connectivity index (χ2n) is 5.31. The summed E-state index contributed by atoms with van der Waals surface area (Å²) in [6.45, 7) is 9.65. The van der Waals surface area contributed by atoms with Crippen molar-refractivity contribution in [3.63, 3.8) is 0 Å². The molecule has 0 aliphatic carbocycles. The number of nitrogens with zero attached hydrogens (tertiary/aromatic N) is 1. The van der Waals surface area contributed by atoms with Gasteiger partial charge in [-0.2, -0.15) is 0 Å². The Balaban J connectivity index is 4.08. The Kier molecular flexibility index (Phi) is 8.07. The van der Waals surface area contributed by atoms with Gasteiger partial charge in [0.15, 0.2) is 5.78 Å². The first-order chi connectivity index (χ1) is 8.73. The number of aliphatic hydroxyl groups is 1. The SMILES string of the molecule is C=C(O)CCCN(C)CC(=O)N[C@H](C(C)=O)C(C)C. The van der Waals surface area contributed by atoms with E-state index >= 15 is 0 Å². The number of hydrogen-bond donors (Lipinski definition) is 2. The van der Waals surface area contributed by atoms with Crippen LogP contribution in [0, 0.1) is 5.92 Å². The quantitative estimate of drug-likeness (QED) is 0.623. The van der Waals surface area contributed by atoms with Gasteiger partial charge in [-0.15, -0.1) is 0 Å². The lowest BCUT2D eigenvalue weighted by molar-refractivity contribution is -0.128. The normalized spacial score (nSPS) is 12.5. The van der Waals surface area contributed by atoms with Gasteiger partial charge in [-0.25, -0.2) is 0 Å². The predicted molar refractivity (Wildman–Crippen MR) is 75.9 cm³/mol. The molecule has 5 heteroatoms. The maximum Gasteiger partial charge on any atom is 0.234 e. The molecule has 5 nitrogen and oxygen atoms in total. The van der Waals surface area contributed by atoms with Crippen LogP contribution in [0.5, 0.6) is 0 Å². The van der Waals surface area contributed by atoms with Crippen molar-refractivity contribution in [3.8, 4) is 0 Å². The third-order valence-corrected chi connectivity index (χ3v) is 2.84. The van der Waals surface area contributed by atoms with Crippen molar-refractivity contribution in [2.75, 3.05) is 20.1 Å². The zero-order chi connectivity index (χ0) is 15.0. The lowest BCUT2D eigenvalue weighted by atomic mass is 10.0. The molecule has 0 fully saturated rings. The molecule has 0 rings (SSSR count). The summed E-state index contributed by atoms with van der Waals surface area (Å²) in [5.74, 6) is 0.0700. The Bertz CT molecular complexity index is 327. The smallest absolute Gasteiger partial charge is 0.234 e. The van der Waals surface area contributed by atoms with Gasteiger partial charge in [-0.3, -0.25) is 14.5 Å². The molecule has 0 radical (unpaired) electrons. The monoisotopic (exact) mass is 270 g/mol. The predicted octanol–water partition coefficient (Wildman–Crippen LogP) is 1.50. The lowest BCUT2D eigenvalue weighted by Crippen LogP contribution is -2.46. The summed E-state index contributed by atoms with van der Waals surface area (Å²) < 4.78 is 0. The molecule has 0 aromatic carbocycles. The molecular weight excluding hydrogens is 244 g/mol. The second-order valence-corrected chi connectivity index (χ2v) is 5.31. The van der Waals surface area contributed by atoms with E-state index in [0.29, 0.717) is 13.0 Å². The van der Waals surface area contributed by atoms with Gasteiger partial charge in [0.25, 0.3) is 0 Å². The number of carbonyl (C=O) groups excluding carboxylic acids is 2. The maximum absolute atomic E-state index is 11.8. The summed E-state index contributed by atoms with van der Waals surface area (Å²) in [5.41, 5.74) is 0. The molecule has 2 N–H and O–H groups in total. The molecule has 1 amide bonds. The van der Waals surface area contributed by atoms with E-state index in [1.807, 2.05) is 25.8 Å². The highest BCUT2D eigenvalue weighted by molar-refractivity contribution is 5.88. The van der Waals surface area contributed by atoms with Gasteiger partial charge in [0.05, 0.1) is 18.3 Å². The summed E-state index contributed by atoms with van der Waals surface area (Å²) in [6.07, 6.45) is 1.29. The van der Waals surface area contributed by atoms with Crippen molar-refractivity contribution in [2.45, 2.75) is 39.7 Å². The lowest BCUT2D eigenvalue weighted by Gasteiger charge is -2.22. The molecule has 0 saturated carbocycles. The average molecular weight is 270 g/mol.